The summed E-state index contributed by atoms with van der Waals surface area (Å²) in [6.07, 6.45) is 6.61. The van der Waals surface area contributed by atoms with Crippen LogP contribution in [0, 0.1) is 17.8 Å². The van der Waals surface area contributed by atoms with Gasteiger partial charge in [0.2, 0.25) is 0 Å². The van der Waals surface area contributed by atoms with E-state index in [1.807, 2.05) is 0 Å². The number of fused-ring (bicyclic) bond motifs is 1. The summed E-state index contributed by atoms with van der Waals surface area (Å²) in [4.78, 5) is 0. The summed E-state index contributed by atoms with van der Waals surface area (Å²) in [5, 5.41) is 0. The molecule has 0 N–H and O–H groups in total. The van der Waals surface area contributed by atoms with Gasteiger partial charge < -0.3 is 0 Å². The fourth-order valence-corrected chi connectivity index (χ4v) is 3.49. The van der Waals surface area contributed by atoms with Crippen molar-refractivity contribution in [2.75, 3.05) is 0 Å². The van der Waals surface area contributed by atoms with Crippen molar-refractivity contribution < 1.29 is 0 Å². The first-order valence-corrected chi connectivity index (χ1v) is 5.96. The zero-order chi connectivity index (χ0) is 10.3. The lowest BCUT2D eigenvalue weighted by atomic mass is 9.94. The highest BCUT2D eigenvalue weighted by atomic mass is 14.4. The molecule has 0 bridgehead atoms. The summed E-state index contributed by atoms with van der Waals surface area (Å²) >= 11 is 0. The smallest absolute Gasteiger partial charge is 0.0128 e. The Labute approximate surface area is 88.1 Å². The number of hydrogen-bond donors (Lipinski definition) is 0. The normalized spacial score (nSPS) is 39.3. The third-order valence-corrected chi connectivity index (χ3v) is 4.06. The summed E-state index contributed by atoms with van der Waals surface area (Å²) in [7, 11) is 0. The summed E-state index contributed by atoms with van der Waals surface area (Å²) in [5.74, 6) is 2.83. The molecule has 0 heteroatoms. The van der Waals surface area contributed by atoms with E-state index in [1.165, 1.54) is 19.3 Å². The molecule has 2 aliphatic rings. The number of rotatable bonds is 0. The van der Waals surface area contributed by atoms with E-state index in [-0.39, 0.29) is 0 Å². The standard InChI is InChI=1S/C14H22/c1-5-12-13(9(2)3)8-11-6-10(4)7-14(11)12/h5,10-11,14H,6-8H2,1-4H3/b12-5+/t10-,11?,14?/m0/s1. The average Bonchev–Trinajstić information content (AvgIpc) is 2.59. The molecule has 2 saturated carbocycles. The fourth-order valence-electron chi connectivity index (χ4n) is 3.49. The molecule has 0 aromatic heterocycles. The maximum absolute atomic E-state index is 2.41. The van der Waals surface area contributed by atoms with Gasteiger partial charge in [0.05, 0.1) is 0 Å². The maximum Gasteiger partial charge on any atom is -0.0128 e. The lowest BCUT2D eigenvalue weighted by Crippen LogP contribution is -1.99. The molecule has 0 heterocycles. The van der Waals surface area contributed by atoms with Gasteiger partial charge >= 0.3 is 0 Å². The van der Waals surface area contributed by atoms with Crippen LogP contribution in [0.5, 0.6) is 0 Å². The minimum absolute atomic E-state index is 0.903. The first-order chi connectivity index (χ1) is 6.63. The Bertz CT molecular complexity index is 289. The third-order valence-electron chi connectivity index (χ3n) is 4.06. The predicted molar refractivity (Wildman–Crippen MR) is 62.1 cm³/mol. The number of hydrogen-bond acceptors (Lipinski definition) is 0. The molecule has 2 aliphatic carbocycles. The molecular formula is C14H22. The van der Waals surface area contributed by atoms with Crippen LogP contribution in [-0.2, 0) is 0 Å². The van der Waals surface area contributed by atoms with Gasteiger partial charge in [-0.05, 0) is 68.9 Å². The molecule has 0 spiro atoms. The average molecular weight is 190 g/mol. The highest BCUT2D eigenvalue weighted by Gasteiger charge is 2.40. The second kappa shape index (κ2) is 3.56. The quantitative estimate of drug-likeness (QED) is 0.533. The van der Waals surface area contributed by atoms with Crippen molar-refractivity contribution in [1.29, 1.82) is 0 Å². The highest BCUT2D eigenvalue weighted by molar-refractivity contribution is 5.41. The molecule has 0 saturated heterocycles. The maximum atomic E-state index is 2.41. The van der Waals surface area contributed by atoms with E-state index in [0.29, 0.717) is 0 Å². The van der Waals surface area contributed by atoms with Crippen LogP contribution in [0.25, 0.3) is 0 Å². The molecule has 0 aromatic rings. The Morgan fingerprint density at radius 3 is 2.57 bits per heavy atom. The molecule has 0 nitrogen and oxygen atoms in total. The van der Waals surface area contributed by atoms with Gasteiger partial charge in [0, 0.05) is 0 Å². The van der Waals surface area contributed by atoms with Crippen molar-refractivity contribution in [3.8, 4) is 0 Å². The van der Waals surface area contributed by atoms with Crippen LogP contribution >= 0.6 is 0 Å². The van der Waals surface area contributed by atoms with Crippen molar-refractivity contribution in [1.82, 2.24) is 0 Å². The highest BCUT2D eigenvalue weighted by Crippen LogP contribution is 2.52. The summed E-state index contributed by atoms with van der Waals surface area (Å²) < 4.78 is 0. The second-order valence-corrected chi connectivity index (χ2v) is 5.37. The van der Waals surface area contributed by atoms with Crippen LogP contribution < -0.4 is 0 Å². The molecule has 2 fully saturated rings. The Morgan fingerprint density at radius 2 is 2.00 bits per heavy atom. The minimum Gasteiger partial charge on any atom is -0.0839 e. The predicted octanol–water partition coefficient (Wildman–Crippen LogP) is 4.34. The minimum atomic E-state index is 0.903. The first kappa shape index (κ1) is 10.0. The van der Waals surface area contributed by atoms with Crippen molar-refractivity contribution in [2.45, 2.75) is 47.0 Å². The van der Waals surface area contributed by atoms with E-state index in [1.54, 1.807) is 16.7 Å². The molecule has 0 amide bonds. The zero-order valence-corrected chi connectivity index (χ0v) is 9.93. The second-order valence-electron chi connectivity index (χ2n) is 5.37. The van der Waals surface area contributed by atoms with Gasteiger partial charge in [-0.3, -0.25) is 0 Å². The van der Waals surface area contributed by atoms with Crippen molar-refractivity contribution >= 4 is 0 Å². The molecule has 14 heavy (non-hydrogen) atoms. The third kappa shape index (κ3) is 1.45. The van der Waals surface area contributed by atoms with Crippen molar-refractivity contribution in [3.63, 3.8) is 0 Å². The molecule has 0 aromatic carbocycles. The van der Waals surface area contributed by atoms with E-state index < -0.39 is 0 Å². The first-order valence-electron chi connectivity index (χ1n) is 5.96. The van der Waals surface area contributed by atoms with Gasteiger partial charge in [0.15, 0.2) is 0 Å². The largest absolute Gasteiger partial charge is 0.0839 e. The van der Waals surface area contributed by atoms with Crippen LogP contribution in [0.1, 0.15) is 47.0 Å². The van der Waals surface area contributed by atoms with Gasteiger partial charge in [-0.25, -0.2) is 0 Å². The number of allylic oxidation sites excluding steroid dienone is 4. The SMILES string of the molecule is C/C=C1\C(=C(C)C)CC2C[C@H](C)CC12. The molecular weight excluding hydrogens is 168 g/mol. The van der Waals surface area contributed by atoms with Gasteiger partial charge in [0.1, 0.15) is 0 Å². The van der Waals surface area contributed by atoms with E-state index in [2.05, 4.69) is 33.8 Å². The summed E-state index contributed by atoms with van der Waals surface area (Å²) in [6.45, 7) is 9.16. The van der Waals surface area contributed by atoms with Gasteiger partial charge in [0.25, 0.3) is 0 Å². The molecule has 0 aliphatic heterocycles. The summed E-state index contributed by atoms with van der Waals surface area (Å²) in [6, 6.07) is 0. The van der Waals surface area contributed by atoms with Crippen LogP contribution in [0.3, 0.4) is 0 Å². The molecule has 2 unspecified atom stereocenters. The molecule has 3 atom stereocenters. The van der Waals surface area contributed by atoms with Gasteiger partial charge in [-0.1, -0.05) is 18.6 Å². The van der Waals surface area contributed by atoms with Crippen molar-refractivity contribution in [3.05, 3.63) is 22.8 Å². The van der Waals surface area contributed by atoms with Crippen LogP contribution in [0.2, 0.25) is 0 Å². The van der Waals surface area contributed by atoms with Crippen molar-refractivity contribution in [2.24, 2.45) is 17.8 Å². The Hall–Kier alpha value is -0.520. The lowest BCUT2D eigenvalue weighted by molar-refractivity contribution is 0.492. The fraction of sp³-hybridized carbons (Fsp3) is 0.714. The summed E-state index contributed by atoms with van der Waals surface area (Å²) in [5.41, 5.74) is 4.90. The van der Waals surface area contributed by atoms with Crippen LogP contribution in [0.4, 0.5) is 0 Å². The van der Waals surface area contributed by atoms with E-state index in [9.17, 15) is 0 Å². The molecule has 0 radical (unpaired) electrons. The Kier molecular flexibility index (Phi) is 2.55. The topological polar surface area (TPSA) is 0 Å². The van der Waals surface area contributed by atoms with E-state index >= 15 is 0 Å². The lowest BCUT2D eigenvalue weighted by Gasteiger charge is -2.11. The van der Waals surface area contributed by atoms with Gasteiger partial charge in [-0.15, -0.1) is 0 Å². The Morgan fingerprint density at radius 1 is 1.29 bits per heavy atom. The van der Waals surface area contributed by atoms with Crippen LogP contribution in [-0.4, -0.2) is 0 Å². The molecule has 78 valence electrons. The van der Waals surface area contributed by atoms with E-state index in [0.717, 1.165) is 17.8 Å². The Balaban J connectivity index is 2.30. The van der Waals surface area contributed by atoms with E-state index in [4.69, 9.17) is 0 Å². The van der Waals surface area contributed by atoms with Gasteiger partial charge in [-0.2, -0.15) is 0 Å². The molecule has 2 rings (SSSR count). The monoisotopic (exact) mass is 190 g/mol. The van der Waals surface area contributed by atoms with Crippen LogP contribution in [0.15, 0.2) is 22.8 Å². The zero-order valence-electron chi connectivity index (χ0n) is 9.93.